The molecular formula is C34H32FN3O3S. The second-order valence-corrected chi connectivity index (χ2v) is 12.6. The van der Waals surface area contributed by atoms with Gasteiger partial charge in [-0.3, -0.25) is 9.69 Å². The molecule has 42 heavy (non-hydrogen) atoms. The molecule has 0 bridgehead atoms. The number of benzene rings is 4. The smallest absolute Gasteiger partial charge is 0.242 e. The third kappa shape index (κ3) is 5.86. The van der Waals surface area contributed by atoms with Gasteiger partial charge in [-0.15, -0.1) is 0 Å². The quantitative estimate of drug-likeness (QED) is 0.236. The van der Waals surface area contributed by atoms with E-state index in [9.17, 15) is 17.6 Å². The summed E-state index contributed by atoms with van der Waals surface area (Å²) < 4.78 is 42.3. The number of rotatable bonds is 8. The number of hydrogen-bond acceptors (Lipinski definition) is 4. The highest BCUT2D eigenvalue weighted by molar-refractivity contribution is 7.90. The molecule has 4 aromatic carbocycles. The Labute approximate surface area is 245 Å². The molecule has 0 unspecified atom stereocenters. The SMILES string of the molecule is O=C(Cn1cc(S(=O)(=O)Cc2cccc(F)c2)c2ccccc21)N1CCN(C(c2ccccc2)c2ccccc2)CC1. The molecule has 0 spiro atoms. The number of nitrogens with zero attached hydrogens (tertiary/aromatic N) is 3. The molecule has 1 saturated heterocycles. The van der Waals surface area contributed by atoms with Crippen LogP contribution in [-0.4, -0.2) is 54.9 Å². The van der Waals surface area contributed by atoms with Gasteiger partial charge in [0, 0.05) is 43.3 Å². The zero-order valence-corrected chi connectivity index (χ0v) is 24.0. The number of para-hydroxylation sites is 1. The molecule has 2 heterocycles. The minimum Gasteiger partial charge on any atom is -0.339 e. The summed E-state index contributed by atoms with van der Waals surface area (Å²) >= 11 is 0. The van der Waals surface area contributed by atoms with Crippen molar-refractivity contribution >= 4 is 26.6 Å². The lowest BCUT2D eigenvalue weighted by Gasteiger charge is -2.40. The Kier molecular flexibility index (Phi) is 7.91. The van der Waals surface area contributed by atoms with Gasteiger partial charge in [-0.05, 0) is 34.9 Å². The van der Waals surface area contributed by atoms with Crippen LogP contribution in [0.4, 0.5) is 4.39 Å². The summed E-state index contributed by atoms with van der Waals surface area (Å²) in [6.07, 6.45) is 1.55. The monoisotopic (exact) mass is 581 g/mol. The Morgan fingerprint density at radius 1 is 0.762 bits per heavy atom. The highest BCUT2D eigenvalue weighted by Crippen LogP contribution is 2.31. The number of aromatic nitrogens is 1. The number of carbonyl (C=O) groups is 1. The summed E-state index contributed by atoms with van der Waals surface area (Å²) in [5.74, 6) is -0.853. The Hall–Kier alpha value is -4.27. The summed E-state index contributed by atoms with van der Waals surface area (Å²) in [5, 5.41) is 0.556. The van der Waals surface area contributed by atoms with Crippen LogP contribution in [0.3, 0.4) is 0 Å². The van der Waals surface area contributed by atoms with Gasteiger partial charge < -0.3 is 9.47 Å². The number of piperazine rings is 1. The first kappa shape index (κ1) is 27.9. The van der Waals surface area contributed by atoms with Crippen molar-refractivity contribution in [3.05, 3.63) is 138 Å². The lowest BCUT2D eigenvalue weighted by Crippen LogP contribution is -2.50. The number of amides is 1. The van der Waals surface area contributed by atoms with E-state index in [4.69, 9.17) is 0 Å². The highest BCUT2D eigenvalue weighted by atomic mass is 32.2. The van der Waals surface area contributed by atoms with E-state index >= 15 is 0 Å². The van der Waals surface area contributed by atoms with Crippen molar-refractivity contribution in [1.82, 2.24) is 14.4 Å². The summed E-state index contributed by atoms with van der Waals surface area (Å²) in [7, 11) is -3.79. The summed E-state index contributed by atoms with van der Waals surface area (Å²) in [4.78, 5) is 17.9. The van der Waals surface area contributed by atoms with E-state index in [1.54, 1.807) is 29.0 Å². The van der Waals surface area contributed by atoms with Gasteiger partial charge in [0.25, 0.3) is 0 Å². The second kappa shape index (κ2) is 11.9. The Morgan fingerprint density at radius 3 is 2.02 bits per heavy atom. The van der Waals surface area contributed by atoms with Crippen LogP contribution < -0.4 is 0 Å². The molecule has 0 atom stereocenters. The number of hydrogen-bond donors (Lipinski definition) is 0. The predicted octanol–water partition coefficient (Wildman–Crippen LogP) is 5.69. The summed E-state index contributed by atoms with van der Waals surface area (Å²) in [6, 6.07) is 33.8. The number of sulfone groups is 1. The Morgan fingerprint density at radius 2 is 1.38 bits per heavy atom. The van der Waals surface area contributed by atoms with Crippen LogP contribution in [0.25, 0.3) is 10.9 Å². The number of carbonyl (C=O) groups excluding carboxylic acids is 1. The molecule has 0 saturated carbocycles. The van der Waals surface area contributed by atoms with Crippen molar-refractivity contribution in [1.29, 1.82) is 0 Å². The standard InChI is InChI=1S/C34H32FN3O3S/c35-29-15-9-10-26(22-29)25-42(40,41)32-23-38(31-17-8-7-16-30(31)32)24-33(39)36-18-20-37(21-19-36)34(27-11-3-1-4-12-27)28-13-5-2-6-14-28/h1-17,22-23,34H,18-21,24-25H2. The first-order valence-electron chi connectivity index (χ1n) is 14.1. The molecule has 1 amide bonds. The van der Waals surface area contributed by atoms with Crippen molar-refractivity contribution < 1.29 is 17.6 Å². The summed E-state index contributed by atoms with van der Waals surface area (Å²) in [5.41, 5.74) is 3.49. The van der Waals surface area contributed by atoms with Gasteiger partial charge in [0.05, 0.1) is 16.7 Å². The Bertz CT molecular complexity index is 1760. The van der Waals surface area contributed by atoms with Gasteiger partial charge in [0.1, 0.15) is 12.4 Å². The van der Waals surface area contributed by atoms with Crippen molar-refractivity contribution in [3.8, 4) is 0 Å². The largest absolute Gasteiger partial charge is 0.339 e. The number of halogens is 1. The fourth-order valence-corrected chi connectivity index (χ4v) is 7.45. The molecule has 214 valence electrons. The zero-order chi connectivity index (χ0) is 29.1. The molecule has 0 aliphatic carbocycles. The molecule has 8 heteroatoms. The molecule has 1 aliphatic heterocycles. The van der Waals surface area contributed by atoms with E-state index in [1.165, 1.54) is 29.3 Å². The maximum Gasteiger partial charge on any atom is 0.242 e. The topological polar surface area (TPSA) is 62.6 Å². The molecule has 0 N–H and O–H groups in total. The molecular weight excluding hydrogens is 549 g/mol. The second-order valence-electron chi connectivity index (χ2n) is 10.7. The van der Waals surface area contributed by atoms with Gasteiger partial charge in [0.2, 0.25) is 5.91 Å². The summed E-state index contributed by atoms with van der Waals surface area (Å²) in [6.45, 7) is 2.65. The maximum atomic E-state index is 13.7. The van der Waals surface area contributed by atoms with Crippen LogP contribution in [0.5, 0.6) is 0 Å². The molecule has 5 aromatic rings. The van der Waals surface area contributed by atoms with Crippen molar-refractivity contribution in [2.24, 2.45) is 0 Å². The van der Waals surface area contributed by atoms with E-state index in [-0.39, 0.29) is 29.1 Å². The van der Waals surface area contributed by atoms with Crippen molar-refractivity contribution in [3.63, 3.8) is 0 Å². The van der Waals surface area contributed by atoms with Gasteiger partial charge in [-0.2, -0.15) is 0 Å². The van der Waals surface area contributed by atoms with Crippen LogP contribution >= 0.6 is 0 Å². The highest BCUT2D eigenvalue weighted by Gasteiger charge is 2.29. The van der Waals surface area contributed by atoms with Crippen molar-refractivity contribution in [2.45, 2.75) is 23.2 Å². The van der Waals surface area contributed by atoms with E-state index < -0.39 is 15.7 Å². The lowest BCUT2D eigenvalue weighted by atomic mass is 9.96. The van der Waals surface area contributed by atoms with Gasteiger partial charge >= 0.3 is 0 Å². The third-order valence-electron chi connectivity index (χ3n) is 7.90. The minimum atomic E-state index is -3.79. The first-order chi connectivity index (χ1) is 20.4. The van der Waals surface area contributed by atoms with Crippen LogP contribution in [0.2, 0.25) is 0 Å². The van der Waals surface area contributed by atoms with Crippen LogP contribution in [0.1, 0.15) is 22.7 Å². The third-order valence-corrected chi connectivity index (χ3v) is 9.61. The average molecular weight is 582 g/mol. The van der Waals surface area contributed by atoms with Gasteiger partial charge in [-0.1, -0.05) is 91.0 Å². The molecule has 1 fully saturated rings. The predicted molar refractivity (Wildman–Crippen MR) is 162 cm³/mol. The molecule has 1 aliphatic rings. The van der Waals surface area contributed by atoms with Crippen LogP contribution in [-0.2, 0) is 26.9 Å². The molecule has 6 nitrogen and oxygen atoms in total. The normalized spacial score (nSPS) is 14.5. The van der Waals surface area contributed by atoms with Crippen LogP contribution in [0, 0.1) is 5.82 Å². The fraction of sp³-hybridized carbons (Fsp3) is 0.206. The molecule has 6 rings (SSSR count). The average Bonchev–Trinajstić information content (AvgIpc) is 3.38. The van der Waals surface area contributed by atoms with Crippen molar-refractivity contribution in [2.75, 3.05) is 26.2 Å². The van der Waals surface area contributed by atoms with E-state index in [2.05, 4.69) is 53.4 Å². The van der Waals surface area contributed by atoms with E-state index in [0.29, 0.717) is 29.6 Å². The molecule has 1 aromatic heterocycles. The van der Waals surface area contributed by atoms with Gasteiger partial charge in [0.15, 0.2) is 9.84 Å². The zero-order valence-electron chi connectivity index (χ0n) is 23.1. The Balaban J connectivity index is 1.19. The maximum absolute atomic E-state index is 13.7. The number of fused-ring (bicyclic) bond motifs is 1. The van der Waals surface area contributed by atoms with E-state index in [0.717, 1.165) is 13.1 Å². The minimum absolute atomic E-state index is 0.0385. The fourth-order valence-electron chi connectivity index (χ4n) is 5.88. The molecule has 0 radical (unpaired) electrons. The lowest BCUT2D eigenvalue weighted by molar-refractivity contribution is -0.133. The van der Waals surface area contributed by atoms with Gasteiger partial charge in [-0.25, -0.2) is 12.8 Å². The van der Waals surface area contributed by atoms with Crippen LogP contribution in [0.15, 0.2) is 120 Å². The van der Waals surface area contributed by atoms with E-state index in [1.807, 2.05) is 29.2 Å². The first-order valence-corrected chi connectivity index (χ1v) is 15.7.